The number of aliphatic hydroxyl groups is 2. The van der Waals surface area contributed by atoms with Crippen LogP contribution in [0.3, 0.4) is 0 Å². The Bertz CT molecular complexity index is 1200. The molecule has 3 aliphatic rings. The van der Waals surface area contributed by atoms with Crippen LogP contribution in [0.2, 0.25) is 0 Å². The van der Waals surface area contributed by atoms with Gasteiger partial charge in [0.1, 0.15) is 11.5 Å². The van der Waals surface area contributed by atoms with Crippen LogP contribution in [0.1, 0.15) is 81.3 Å². The maximum Gasteiger partial charge on any atom is 0.314 e. The Morgan fingerprint density at radius 1 is 0.698 bits per heavy atom. The molecule has 230 valence electrons. The number of carbonyl (C=O) groups is 2. The predicted molar refractivity (Wildman–Crippen MR) is 161 cm³/mol. The van der Waals surface area contributed by atoms with Gasteiger partial charge in [-0.25, -0.2) is 0 Å². The largest absolute Gasteiger partial charge is 0.426 e. The molecule has 2 N–H and O–H groups in total. The average Bonchev–Trinajstić information content (AvgIpc) is 3.33. The van der Waals surface area contributed by atoms with Crippen LogP contribution in [0.5, 0.6) is 11.5 Å². The van der Waals surface area contributed by atoms with Gasteiger partial charge in [-0.05, 0) is 111 Å². The summed E-state index contributed by atoms with van der Waals surface area (Å²) in [5.41, 5.74) is 3.75. The molecule has 0 saturated heterocycles. The van der Waals surface area contributed by atoms with E-state index in [4.69, 9.17) is 35.6 Å². The maximum atomic E-state index is 13.0. The number of benzene rings is 2. The Labute approximate surface area is 253 Å². The number of hydrogen-bond acceptors (Lipinski definition) is 8. The van der Waals surface area contributed by atoms with E-state index in [0.717, 1.165) is 47.9 Å². The van der Waals surface area contributed by atoms with Crippen LogP contribution < -0.4 is 9.47 Å². The number of rotatable bonds is 12. The number of terminal acetylenes is 1. The Hall–Kier alpha value is -3.22. The van der Waals surface area contributed by atoms with Crippen molar-refractivity contribution < 1.29 is 38.7 Å². The van der Waals surface area contributed by atoms with E-state index < -0.39 is 0 Å². The van der Waals surface area contributed by atoms with E-state index in [0.29, 0.717) is 63.2 Å². The van der Waals surface area contributed by atoms with Crippen molar-refractivity contribution in [1.29, 1.82) is 0 Å². The quantitative estimate of drug-likeness (QED) is 0.151. The molecule has 8 nitrogen and oxygen atoms in total. The molecule has 0 aliphatic heterocycles. The monoisotopic (exact) mass is 590 g/mol. The van der Waals surface area contributed by atoms with Crippen molar-refractivity contribution in [2.75, 3.05) is 26.4 Å². The van der Waals surface area contributed by atoms with Gasteiger partial charge in [0.05, 0.1) is 30.0 Å². The summed E-state index contributed by atoms with van der Waals surface area (Å²) >= 11 is 0. The summed E-state index contributed by atoms with van der Waals surface area (Å²) in [5.74, 6) is 2.67. The number of carbonyl (C=O) groups excluding carboxylic acids is 2. The molecule has 2 aromatic rings. The van der Waals surface area contributed by atoms with Gasteiger partial charge in [-0.3, -0.25) is 9.59 Å². The van der Waals surface area contributed by atoms with Crippen molar-refractivity contribution in [2.24, 2.45) is 11.8 Å². The maximum absolute atomic E-state index is 13.0. The Morgan fingerprint density at radius 3 is 1.49 bits per heavy atom. The molecule has 0 unspecified atom stereocenters. The van der Waals surface area contributed by atoms with Crippen LogP contribution in [-0.4, -0.2) is 60.8 Å². The minimum Gasteiger partial charge on any atom is -0.426 e. The summed E-state index contributed by atoms with van der Waals surface area (Å²) < 4.78 is 23.2. The lowest BCUT2D eigenvalue weighted by Crippen LogP contribution is -2.29. The molecule has 2 aromatic carbocycles. The Morgan fingerprint density at radius 2 is 1.12 bits per heavy atom. The van der Waals surface area contributed by atoms with E-state index >= 15 is 0 Å². The lowest BCUT2D eigenvalue weighted by molar-refractivity contribution is -0.142. The second kappa shape index (κ2) is 15.0. The van der Waals surface area contributed by atoms with E-state index in [1.165, 1.54) is 0 Å². The van der Waals surface area contributed by atoms with Gasteiger partial charge in [-0.15, -0.1) is 6.42 Å². The molecule has 0 spiro atoms. The molecule has 0 atom stereocenters. The number of hydrogen-bond donors (Lipinski definition) is 2. The third kappa shape index (κ3) is 7.66. The van der Waals surface area contributed by atoms with Crippen LogP contribution in [0.25, 0.3) is 11.1 Å². The van der Waals surface area contributed by atoms with E-state index in [2.05, 4.69) is 5.92 Å². The molecule has 43 heavy (non-hydrogen) atoms. The zero-order valence-electron chi connectivity index (χ0n) is 24.7. The van der Waals surface area contributed by atoms with Crippen molar-refractivity contribution in [3.8, 4) is 35.0 Å². The first kappa shape index (κ1) is 31.2. The second-order valence-electron chi connectivity index (χ2n) is 11.8. The number of ether oxygens (including phenoxy) is 4. The highest BCUT2D eigenvalue weighted by Crippen LogP contribution is 2.47. The molecule has 0 aromatic heterocycles. The van der Waals surface area contributed by atoms with Gasteiger partial charge in [0.15, 0.2) is 0 Å². The molecule has 5 rings (SSSR count). The van der Waals surface area contributed by atoms with Crippen LogP contribution in [0.4, 0.5) is 0 Å². The normalized spacial score (nSPS) is 24.4. The fraction of sp³-hybridized carbons (Fsp3) is 0.543. The lowest BCUT2D eigenvalue weighted by Gasteiger charge is -2.27. The van der Waals surface area contributed by atoms with Crippen molar-refractivity contribution in [2.45, 2.75) is 82.3 Å². The van der Waals surface area contributed by atoms with Crippen molar-refractivity contribution >= 4 is 11.9 Å². The molecular weight excluding hydrogens is 548 g/mol. The molecule has 0 heterocycles. The van der Waals surface area contributed by atoms with Gasteiger partial charge < -0.3 is 29.2 Å². The molecule has 0 radical (unpaired) electrons. The highest BCUT2D eigenvalue weighted by Gasteiger charge is 2.32. The number of aliphatic hydroxyl groups excluding tert-OH is 2. The van der Waals surface area contributed by atoms with Crippen LogP contribution in [0.15, 0.2) is 36.4 Å². The first-order valence-electron chi connectivity index (χ1n) is 15.6. The third-order valence-corrected chi connectivity index (χ3v) is 8.89. The van der Waals surface area contributed by atoms with Crippen molar-refractivity contribution in [3.05, 3.63) is 47.5 Å². The Balaban J connectivity index is 1.17. The molecule has 2 fully saturated rings. The molecule has 0 amide bonds. The molecule has 0 bridgehead atoms. The summed E-state index contributed by atoms with van der Waals surface area (Å²) in [4.78, 5) is 25.9. The fourth-order valence-corrected chi connectivity index (χ4v) is 6.48. The van der Waals surface area contributed by atoms with E-state index in [9.17, 15) is 9.59 Å². The highest BCUT2D eigenvalue weighted by atomic mass is 16.5. The minimum absolute atomic E-state index is 0.119. The lowest BCUT2D eigenvalue weighted by atomic mass is 9.87. The van der Waals surface area contributed by atoms with Gasteiger partial charge >= 0.3 is 11.9 Å². The first-order chi connectivity index (χ1) is 21.0. The predicted octanol–water partition coefficient (Wildman–Crippen LogP) is 5.16. The second-order valence-corrected chi connectivity index (χ2v) is 11.8. The third-order valence-electron chi connectivity index (χ3n) is 8.89. The number of esters is 2. The number of fused-ring (bicyclic) bond motifs is 3. The highest BCUT2D eigenvalue weighted by molar-refractivity contribution is 5.83. The summed E-state index contributed by atoms with van der Waals surface area (Å²) in [6.07, 6.45) is 13.6. The fourth-order valence-electron chi connectivity index (χ4n) is 6.48. The van der Waals surface area contributed by atoms with Gasteiger partial charge in [-0.2, -0.15) is 0 Å². The zero-order chi connectivity index (χ0) is 30.2. The zero-order valence-corrected chi connectivity index (χ0v) is 24.7. The van der Waals surface area contributed by atoms with Crippen LogP contribution in [0, 0.1) is 24.2 Å². The summed E-state index contributed by atoms with van der Waals surface area (Å²) in [6, 6.07) is 11.2. The summed E-state index contributed by atoms with van der Waals surface area (Å²) in [6.45, 7) is 1.32. The van der Waals surface area contributed by atoms with Gasteiger partial charge in [0, 0.05) is 26.4 Å². The van der Waals surface area contributed by atoms with Gasteiger partial charge in [-0.1, -0.05) is 18.1 Å². The Kier molecular flexibility index (Phi) is 10.9. The molecule has 2 saturated carbocycles. The standard InChI is InChI=1S/C35H42O8/c1-2-29-32-21-27(42-34(38)23-5-9-25(10-6-23)40-19-3-17-36)13-15-30(32)31-16-14-28(22-33(29)31)43-35(39)24-7-11-26(12-8-24)41-20-4-18-37/h1,13-16,21-26,29,36-37H,3-12,17-20H2. The van der Waals surface area contributed by atoms with Gasteiger partial charge in [0.25, 0.3) is 0 Å². The minimum atomic E-state index is -0.347. The molecular formula is C35H42O8. The molecule has 3 aliphatic carbocycles. The van der Waals surface area contributed by atoms with E-state index in [1.807, 2.05) is 24.3 Å². The van der Waals surface area contributed by atoms with Crippen LogP contribution >= 0.6 is 0 Å². The topological polar surface area (TPSA) is 112 Å². The SMILES string of the molecule is C#CC1c2cc(OC(=O)C3CCC(OCCCO)CC3)ccc2-c2ccc(OC(=O)C3CCC(OCCCO)CC3)cc21. The van der Waals surface area contributed by atoms with Crippen LogP contribution in [-0.2, 0) is 19.1 Å². The average molecular weight is 591 g/mol. The van der Waals surface area contributed by atoms with Gasteiger partial charge in [0.2, 0.25) is 0 Å². The summed E-state index contributed by atoms with van der Waals surface area (Å²) in [5, 5.41) is 17.9. The summed E-state index contributed by atoms with van der Waals surface area (Å²) in [7, 11) is 0. The van der Waals surface area contributed by atoms with E-state index in [-0.39, 0.29) is 55.1 Å². The molecule has 8 heteroatoms. The van der Waals surface area contributed by atoms with E-state index in [1.54, 1.807) is 12.1 Å². The van der Waals surface area contributed by atoms with Crippen molar-refractivity contribution in [1.82, 2.24) is 0 Å². The first-order valence-corrected chi connectivity index (χ1v) is 15.6. The van der Waals surface area contributed by atoms with Crippen molar-refractivity contribution in [3.63, 3.8) is 0 Å². The smallest absolute Gasteiger partial charge is 0.314 e.